The Morgan fingerprint density at radius 1 is 0.955 bits per heavy atom. The highest BCUT2D eigenvalue weighted by Crippen LogP contribution is 2.33. The molecule has 1 fully saturated rings. The average molecular weight is 598 g/mol. The van der Waals surface area contributed by atoms with Crippen molar-refractivity contribution in [2.45, 2.75) is 6.92 Å². The van der Waals surface area contributed by atoms with Crippen molar-refractivity contribution in [1.29, 1.82) is 0 Å². The number of halogens is 1. The third kappa shape index (κ3) is 6.61. The summed E-state index contributed by atoms with van der Waals surface area (Å²) in [6.07, 6.45) is 4.64. The largest absolute Gasteiger partial charge is 0.490 e. The SMILES string of the molecule is Cc1c(OCCN2CCN(C)CC2)cn2ncnc(Oc3ccc(NC(=O)c4cccnc4Oc4ccccc4)cc3F)c12. The van der Waals surface area contributed by atoms with Crippen LogP contribution < -0.4 is 19.5 Å². The minimum Gasteiger partial charge on any atom is -0.490 e. The van der Waals surface area contributed by atoms with Gasteiger partial charge in [-0.2, -0.15) is 10.1 Å². The van der Waals surface area contributed by atoms with Crippen LogP contribution in [0.5, 0.6) is 29.0 Å². The smallest absolute Gasteiger partial charge is 0.261 e. The highest BCUT2D eigenvalue weighted by Gasteiger charge is 2.19. The molecule has 1 amide bonds. The van der Waals surface area contributed by atoms with E-state index in [0.717, 1.165) is 38.3 Å². The van der Waals surface area contributed by atoms with Crippen LogP contribution >= 0.6 is 0 Å². The van der Waals surface area contributed by atoms with E-state index in [-0.39, 0.29) is 28.8 Å². The van der Waals surface area contributed by atoms with Crippen LogP contribution in [0.2, 0.25) is 0 Å². The average Bonchev–Trinajstić information content (AvgIpc) is 3.36. The Morgan fingerprint density at radius 3 is 2.57 bits per heavy atom. The van der Waals surface area contributed by atoms with Crippen molar-refractivity contribution >= 4 is 17.1 Å². The molecule has 0 radical (unpaired) electrons. The number of hydrogen-bond donors (Lipinski definition) is 1. The first-order valence-electron chi connectivity index (χ1n) is 14.3. The maximum Gasteiger partial charge on any atom is 0.261 e. The molecule has 11 nitrogen and oxygen atoms in total. The lowest BCUT2D eigenvalue weighted by Gasteiger charge is -2.32. The first kappa shape index (κ1) is 29.0. The Balaban J connectivity index is 1.13. The molecule has 12 heteroatoms. The van der Waals surface area contributed by atoms with Crippen molar-refractivity contribution in [3.05, 3.63) is 96.3 Å². The molecule has 0 aliphatic carbocycles. The van der Waals surface area contributed by atoms with Crippen LogP contribution in [-0.2, 0) is 0 Å². The lowest BCUT2D eigenvalue weighted by Crippen LogP contribution is -2.45. The van der Waals surface area contributed by atoms with Gasteiger partial charge in [-0.1, -0.05) is 18.2 Å². The molecule has 4 heterocycles. The van der Waals surface area contributed by atoms with Crippen LogP contribution in [-0.4, -0.2) is 81.7 Å². The Labute approximate surface area is 253 Å². The van der Waals surface area contributed by atoms with Gasteiger partial charge in [-0.25, -0.2) is 13.9 Å². The van der Waals surface area contributed by atoms with Gasteiger partial charge in [0.25, 0.3) is 5.91 Å². The van der Waals surface area contributed by atoms with Crippen molar-refractivity contribution < 1.29 is 23.4 Å². The summed E-state index contributed by atoms with van der Waals surface area (Å²) >= 11 is 0. The topological polar surface area (TPSA) is 106 Å². The molecular formula is C32H32FN7O4. The van der Waals surface area contributed by atoms with E-state index in [1.165, 1.54) is 24.7 Å². The quantitative estimate of drug-likeness (QED) is 0.237. The number of amides is 1. The number of pyridine rings is 1. The number of hydrogen-bond acceptors (Lipinski definition) is 9. The number of carbonyl (C=O) groups excluding carboxylic acids is 1. The van der Waals surface area contributed by atoms with Gasteiger partial charge in [0.1, 0.15) is 35.5 Å². The van der Waals surface area contributed by atoms with Gasteiger partial charge in [-0.05, 0) is 50.4 Å². The predicted molar refractivity (Wildman–Crippen MR) is 162 cm³/mol. The number of para-hydroxylation sites is 1. The Hall–Kier alpha value is -5.07. The molecule has 0 atom stereocenters. The fourth-order valence-corrected chi connectivity index (χ4v) is 4.89. The van der Waals surface area contributed by atoms with Crippen LogP contribution in [0.3, 0.4) is 0 Å². The molecule has 1 aliphatic heterocycles. The van der Waals surface area contributed by atoms with E-state index in [9.17, 15) is 4.79 Å². The second-order valence-corrected chi connectivity index (χ2v) is 10.4. The Kier molecular flexibility index (Phi) is 8.62. The van der Waals surface area contributed by atoms with E-state index in [4.69, 9.17) is 14.2 Å². The Bertz CT molecular complexity index is 1760. The first-order chi connectivity index (χ1) is 21.4. The van der Waals surface area contributed by atoms with Crippen molar-refractivity contribution in [1.82, 2.24) is 29.4 Å². The number of benzene rings is 2. The number of fused-ring (bicyclic) bond motifs is 1. The molecule has 5 aromatic rings. The fourth-order valence-electron chi connectivity index (χ4n) is 4.89. The highest BCUT2D eigenvalue weighted by molar-refractivity contribution is 6.05. The normalized spacial score (nSPS) is 14.0. The number of piperazine rings is 1. The van der Waals surface area contributed by atoms with Gasteiger partial charge in [-0.3, -0.25) is 9.69 Å². The number of likely N-dealkylation sites (N-methyl/N-ethyl adjacent to an activating group) is 1. The number of aromatic nitrogens is 4. The number of rotatable bonds is 10. The van der Waals surface area contributed by atoms with E-state index in [0.29, 0.717) is 23.6 Å². The van der Waals surface area contributed by atoms with Crippen molar-refractivity contribution in [2.75, 3.05) is 51.7 Å². The van der Waals surface area contributed by atoms with E-state index >= 15 is 4.39 Å². The summed E-state index contributed by atoms with van der Waals surface area (Å²) in [7, 11) is 2.13. The molecular weight excluding hydrogens is 565 g/mol. The van der Waals surface area contributed by atoms with Gasteiger partial charge >= 0.3 is 0 Å². The lowest BCUT2D eigenvalue weighted by molar-refractivity contribution is 0.102. The molecule has 3 aromatic heterocycles. The highest BCUT2D eigenvalue weighted by atomic mass is 19.1. The van der Waals surface area contributed by atoms with Gasteiger partial charge in [0.2, 0.25) is 11.8 Å². The van der Waals surface area contributed by atoms with Crippen LogP contribution in [0.4, 0.5) is 10.1 Å². The van der Waals surface area contributed by atoms with Crippen molar-refractivity contribution in [2.24, 2.45) is 0 Å². The summed E-state index contributed by atoms with van der Waals surface area (Å²) in [6, 6.07) is 16.4. The zero-order valence-electron chi connectivity index (χ0n) is 24.4. The summed E-state index contributed by atoms with van der Waals surface area (Å²) in [5, 5.41) is 6.97. The molecule has 44 heavy (non-hydrogen) atoms. The first-order valence-corrected chi connectivity index (χ1v) is 14.3. The van der Waals surface area contributed by atoms with Gasteiger partial charge < -0.3 is 24.4 Å². The van der Waals surface area contributed by atoms with Gasteiger partial charge in [-0.15, -0.1) is 0 Å². The maximum absolute atomic E-state index is 15.2. The Morgan fingerprint density at radius 2 is 1.77 bits per heavy atom. The molecule has 0 saturated carbocycles. The number of aryl methyl sites for hydroxylation is 1. The maximum atomic E-state index is 15.2. The van der Waals surface area contributed by atoms with E-state index in [1.54, 1.807) is 41.0 Å². The zero-order valence-corrected chi connectivity index (χ0v) is 24.4. The number of anilines is 1. The molecule has 226 valence electrons. The van der Waals surface area contributed by atoms with E-state index < -0.39 is 11.7 Å². The fraction of sp³-hybridized carbons (Fsp3) is 0.250. The minimum atomic E-state index is -0.681. The number of nitrogens with zero attached hydrogens (tertiary/aromatic N) is 6. The third-order valence-corrected chi connectivity index (χ3v) is 7.38. The third-order valence-electron chi connectivity index (χ3n) is 7.38. The second kappa shape index (κ2) is 13.1. The second-order valence-electron chi connectivity index (χ2n) is 10.4. The molecule has 2 aromatic carbocycles. The summed E-state index contributed by atoms with van der Waals surface area (Å²) in [6.45, 7) is 7.37. The van der Waals surface area contributed by atoms with Crippen molar-refractivity contribution in [3.8, 4) is 29.0 Å². The molecule has 1 N–H and O–H groups in total. The van der Waals surface area contributed by atoms with Gasteiger partial charge in [0.05, 0.1) is 6.20 Å². The molecule has 6 rings (SSSR count). The minimum absolute atomic E-state index is 0.0591. The summed E-state index contributed by atoms with van der Waals surface area (Å²) in [5.41, 5.74) is 1.79. The summed E-state index contributed by atoms with van der Waals surface area (Å²) in [4.78, 5) is 26.2. The molecule has 0 spiro atoms. The predicted octanol–water partition coefficient (Wildman–Crippen LogP) is 5.03. The number of ether oxygens (including phenoxy) is 3. The summed E-state index contributed by atoms with van der Waals surface area (Å²) < 4.78 is 34.6. The van der Waals surface area contributed by atoms with Gasteiger partial charge in [0.15, 0.2) is 11.6 Å². The standard InChI is InChI=1S/C32H32FN7O4/c1-22-28(42-18-17-39-15-13-38(2)14-16-39)20-40-29(22)32(35-21-36-40)44-27-11-10-23(19-26(27)33)37-30(41)25-9-6-12-34-31(25)43-24-7-4-3-5-8-24/h3-12,19-21H,13-18H2,1-2H3,(H,37,41). The van der Waals surface area contributed by atoms with E-state index in [1.807, 2.05) is 25.1 Å². The van der Waals surface area contributed by atoms with Crippen LogP contribution in [0.25, 0.3) is 5.52 Å². The zero-order chi connectivity index (χ0) is 30.5. The van der Waals surface area contributed by atoms with Crippen LogP contribution in [0.1, 0.15) is 15.9 Å². The number of carbonyl (C=O) groups is 1. The molecule has 1 aliphatic rings. The van der Waals surface area contributed by atoms with Crippen molar-refractivity contribution in [3.63, 3.8) is 0 Å². The molecule has 1 saturated heterocycles. The van der Waals surface area contributed by atoms with Crippen LogP contribution in [0.15, 0.2) is 79.4 Å². The molecule has 0 bridgehead atoms. The summed E-state index contributed by atoms with van der Waals surface area (Å²) in [5.74, 6) is 0.271. The monoisotopic (exact) mass is 597 g/mol. The van der Waals surface area contributed by atoms with E-state index in [2.05, 4.69) is 37.2 Å². The van der Waals surface area contributed by atoms with Crippen LogP contribution in [0, 0.1) is 12.7 Å². The molecule has 0 unspecified atom stereocenters. The lowest BCUT2D eigenvalue weighted by atomic mass is 10.2. The van der Waals surface area contributed by atoms with Gasteiger partial charge in [0, 0.05) is 56.2 Å². The number of nitrogens with one attached hydrogen (secondary N) is 1.